The van der Waals surface area contributed by atoms with E-state index in [4.69, 9.17) is 5.11 Å². The molecular weight excluding hydrogens is 306 g/mol. The zero-order valence-electron chi connectivity index (χ0n) is 12.9. The Morgan fingerprint density at radius 3 is 2.45 bits per heavy atom. The molecule has 0 aliphatic carbocycles. The van der Waals surface area contributed by atoms with Gasteiger partial charge in [-0.25, -0.2) is 9.78 Å². The molecule has 1 rings (SSSR count). The highest BCUT2D eigenvalue weighted by atomic mass is 32.1. The van der Waals surface area contributed by atoms with Crippen LogP contribution in [0, 0.1) is 12.8 Å². The number of aromatic nitrogens is 1. The predicted molar refractivity (Wildman–Crippen MR) is 83.7 cm³/mol. The maximum absolute atomic E-state index is 11.8. The Kier molecular flexibility index (Phi) is 6.97. The molecule has 8 heteroatoms. The Balaban J connectivity index is 2.41. The molecule has 0 fully saturated rings. The first-order chi connectivity index (χ1) is 10.3. The molecule has 0 bridgehead atoms. The normalized spacial score (nSPS) is 13.2. The highest BCUT2D eigenvalue weighted by Gasteiger charge is 2.25. The fourth-order valence-electron chi connectivity index (χ4n) is 1.75. The summed E-state index contributed by atoms with van der Waals surface area (Å²) >= 11 is 1.31. The lowest BCUT2D eigenvalue weighted by molar-refractivity contribution is -0.143. The molecule has 7 nitrogen and oxygen atoms in total. The second-order valence-electron chi connectivity index (χ2n) is 5.11. The molecule has 0 spiro atoms. The van der Waals surface area contributed by atoms with E-state index >= 15 is 0 Å². The Labute approximate surface area is 133 Å². The number of hydrogen-bond acceptors (Lipinski definition) is 5. The predicted octanol–water partition coefficient (Wildman–Crippen LogP) is 1.79. The minimum absolute atomic E-state index is 0.0166. The molecule has 2 unspecified atom stereocenters. The van der Waals surface area contributed by atoms with Gasteiger partial charge in [-0.1, -0.05) is 20.3 Å². The van der Waals surface area contributed by atoms with E-state index < -0.39 is 17.9 Å². The monoisotopic (exact) mass is 327 g/mol. The number of carboxylic acids is 1. The number of aryl methyl sites for hydroxylation is 1. The van der Waals surface area contributed by atoms with Crippen LogP contribution in [-0.4, -0.2) is 33.9 Å². The first-order valence-electron chi connectivity index (χ1n) is 7.07. The van der Waals surface area contributed by atoms with Crippen LogP contribution in [0.15, 0.2) is 5.38 Å². The van der Waals surface area contributed by atoms with Gasteiger partial charge in [-0.15, -0.1) is 11.3 Å². The molecule has 2 atom stereocenters. The van der Waals surface area contributed by atoms with E-state index in [1.807, 2.05) is 19.2 Å². The molecule has 3 N–H and O–H groups in total. The van der Waals surface area contributed by atoms with Crippen LogP contribution in [0.1, 0.15) is 38.8 Å². The van der Waals surface area contributed by atoms with Gasteiger partial charge in [-0.05, 0) is 12.8 Å². The minimum Gasteiger partial charge on any atom is -0.480 e. The number of carbonyl (C=O) groups is 3. The van der Waals surface area contributed by atoms with Crippen molar-refractivity contribution in [1.29, 1.82) is 0 Å². The molecule has 1 aromatic rings. The molecule has 22 heavy (non-hydrogen) atoms. The first-order valence-corrected chi connectivity index (χ1v) is 7.95. The molecule has 1 heterocycles. The molecule has 0 radical (unpaired) electrons. The van der Waals surface area contributed by atoms with Gasteiger partial charge in [0.1, 0.15) is 6.04 Å². The molecule has 2 amide bonds. The van der Waals surface area contributed by atoms with Gasteiger partial charge in [-0.2, -0.15) is 0 Å². The zero-order chi connectivity index (χ0) is 16.7. The summed E-state index contributed by atoms with van der Waals surface area (Å²) in [7, 11) is 0. The van der Waals surface area contributed by atoms with E-state index in [2.05, 4.69) is 15.6 Å². The molecule has 0 saturated carbocycles. The summed E-state index contributed by atoms with van der Waals surface area (Å²) in [5.74, 6) is -2.00. The molecule has 0 aromatic carbocycles. The highest BCUT2D eigenvalue weighted by Crippen LogP contribution is 2.14. The van der Waals surface area contributed by atoms with Crippen LogP contribution < -0.4 is 10.6 Å². The van der Waals surface area contributed by atoms with Crippen LogP contribution in [0.2, 0.25) is 0 Å². The van der Waals surface area contributed by atoms with Gasteiger partial charge in [0.25, 0.3) is 0 Å². The number of hydrogen-bond donors (Lipinski definition) is 3. The minimum atomic E-state index is -1.06. The van der Waals surface area contributed by atoms with Gasteiger partial charge in [-0.3, -0.25) is 9.59 Å². The van der Waals surface area contributed by atoms with Crippen molar-refractivity contribution in [2.45, 2.75) is 46.1 Å². The Hall–Kier alpha value is -1.96. The Bertz CT molecular complexity index is 544. The van der Waals surface area contributed by atoms with Crippen molar-refractivity contribution >= 4 is 34.3 Å². The SMILES string of the molecule is CCC(C)C(NC(=O)CCC(=O)Nc1nc(C)cs1)C(=O)O. The van der Waals surface area contributed by atoms with Crippen LogP contribution in [0.25, 0.3) is 0 Å². The number of nitrogens with zero attached hydrogens (tertiary/aromatic N) is 1. The highest BCUT2D eigenvalue weighted by molar-refractivity contribution is 7.13. The second-order valence-corrected chi connectivity index (χ2v) is 5.97. The van der Waals surface area contributed by atoms with Gasteiger partial charge in [0.15, 0.2) is 5.13 Å². The lowest BCUT2D eigenvalue weighted by Crippen LogP contribution is -2.45. The third kappa shape index (κ3) is 5.80. The maximum atomic E-state index is 11.8. The summed E-state index contributed by atoms with van der Waals surface area (Å²) < 4.78 is 0. The fraction of sp³-hybridized carbons (Fsp3) is 0.571. The first kappa shape index (κ1) is 18.1. The van der Waals surface area contributed by atoms with E-state index in [1.54, 1.807) is 6.92 Å². The third-order valence-corrected chi connectivity index (χ3v) is 4.12. The number of aliphatic carboxylic acids is 1. The molecule has 0 aliphatic rings. The Morgan fingerprint density at radius 1 is 1.32 bits per heavy atom. The summed E-state index contributed by atoms with van der Waals surface area (Å²) in [5, 5.41) is 16.5. The molecular formula is C14H21N3O4S. The van der Waals surface area contributed by atoms with Crippen molar-refractivity contribution in [2.75, 3.05) is 5.32 Å². The van der Waals surface area contributed by atoms with Crippen molar-refractivity contribution < 1.29 is 19.5 Å². The van der Waals surface area contributed by atoms with E-state index in [1.165, 1.54) is 11.3 Å². The van der Waals surface area contributed by atoms with E-state index in [9.17, 15) is 14.4 Å². The zero-order valence-corrected chi connectivity index (χ0v) is 13.7. The van der Waals surface area contributed by atoms with E-state index in [-0.39, 0.29) is 24.7 Å². The summed E-state index contributed by atoms with van der Waals surface area (Å²) in [6, 6.07) is -0.929. The smallest absolute Gasteiger partial charge is 0.326 e. The largest absolute Gasteiger partial charge is 0.480 e. The van der Waals surface area contributed by atoms with E-state index in [0.717, 1.165) is 5.69 Å². The number of nitrogens with one attached hydrogen (secondary N) is 2. The standard InChI is InChI=1S/C14H21N3O4S/c1-4-8(2)12(13(20)21)16-10(18)5-6-11(19)17-14-15-9(3)7-22-14/h7-8,12H,4-6H2,1-3H3,(H,16,18)(H,20,21)(H,15,17,19). The van der Waals surface area contributed by atoms with Gasteiger partial charge in [0.2, 0.25) is 11.8 Å². The van der Waals surface area contributed by atoms with Crippen molar-refractivity contribution in [3.8, 4) is 0 Å². The van der Waals surface area contributed by atoms with Crippen molar-refractivity contribution in [2.24, 2.45) is 5.92 Å². The quantitative estimate of drug-likeness (QED) is 0.674. The average molecular weight is 327 g/mol. The van der Waals surface area contributed by atoms with Crippen LogP contribution in [-0.2, 0) is 14.4 Å². The second kappa shape index (κ2) is 8.47. The summed E-state index contributed by atoms with van der Waals surface area (Å²) in [4.78, 5) is 38.7. The molecule has 0 aliphatic heterocycles. The van der Waals surface area contributed by atoms with Crippen LogP contribution in [0.5, 0.6) is 0 Å². The number of carbonyl (C=O) groups excluding carboxylic acids is 2. The van der Waals surface area contributed by atoms with Crippen molar-refractivity contribution in [3.05, 3.63) is 11.1 Å². The van der Waals surface area contributed by atoms with Gasteiger partial charge in [0.05, 0.1) is 5.69 Å². The molecule has 0 saturated heterocycles. The number of anilines is 1. The number of rotatable bonds is 8. The summed E-state index contributed by atoms with van der Waals surface area (Å²) in [6.45, 7) is 5.44. The van der Waals surface area contributed by atoms with Crippen molar-refractivity contribution in [3.63, 3.8) is 0 Å². The number of thiazole rings is 1. The van der Waals surface area contributed by atoms with Gasteiger partial charge >= 0.3 is 5.97 Å². The van der Waals surface area contributed by atoms with Crippen LogP contribution in [0.4, 0.5) is 5.13 Å². The van der Waals surface area contributed by atoms with Gasteiger partial charge < -0.3 is 15.7 Å². The Morgan fingerprint density at radius 2 is 1.95 bits per heavy atom. The summed E-state index contributed by atoms with van der Waals surface area (Å²) in [5.41, 5.74) is 0.816. The maximum Gasteiger partial charge on any atom is 0.326 e. The third-order valence-electron chi connectivity index (χ3n) is 3.24. The van der Waals surface area contributed by atoms with Crippen LogP contribution in [0.3, 0.4) is 0 Å². The lowest BCUT2D eigenvalue weighted by atomic mass is 9.99. The number of carboxylic acid groups (broad SMARTS) is 1. The van der Waals surface area contributed by atoms with Crippen LogP contribution >= 0.6 is 11.3 Å². The average Bonchev–Trinajstić information content (AvgIpc) is 2.86. The molecule has 122 valence electrons. The fourth-order valence-corrected chi connectivity index (χ4v) is 2.45. The topological polar surface area (TPSA) is 108 Å². The number of amides is 2. The molecule has 1 aromatic heterocycles. The van der Waals surface area contributed by atoms with Crippen molar-refractivity contribution in [1.82, 2.24) is 10.3 Å². The van der Waals surface area contributed by atoms with E-state index in [0.29, 0.717) is 11.6 Å². The van der Waals surface area contributed by atoms with Gasteiger partial charge in [0, 0.05) is 18.2 Å². The summed E-state index contributed by atoms with van der Waals surface area (Å²) in [6.07, 6.45) is 0.564. The lowest BCUT2D eigenvalue weighted by Gasteiger charge is -2.19.